The van der Waals surface area contributed by atoms with Gasteiger partial charge in [-0.1, -0.05) is 17.3 Å². The number of sulfone groups is 1. The molecular weight excluding hydrogens is 292 g/mol. The summed E-state index contributed by atoms with van der Waals surface area (Å²) in [6.45, 7) is 1.09. The zero-order valence-electron chi connectivity index (χ0n) is 11.7. The highest BCUT2D eigenvalue weighted by molar-refractivity contribution is 7.90. The van der Waals surface area contributed by atoms with Crippen LogP contribution in [0.15, 0.2) is 35.4 Å². The van der Waals surface area contributed by atoms with Crippen molar-refractivity contribution in [3.8, 4) is 0 Å². The highest BCUT2D eigenvalue weighted by Crippen LogP contribution is 2.20. The number of aryl methyl sites for hydroxylation is 1. The SMILES string of the molecule is CS(=O)(=O)c1ccccc1NCc1cn(CCCO)nn1. The fourth-order valence-corrected chi connectivity index (χ4v) is 2.75. The third-order valence-electron chi connectivity index (χ3n) is 2.88. The summed E-state index contributed by atoms with van der Waals surface area (Å²) in [6.07, 6.45) is 3.57. The highest BCUT2D eigenvalue weighted by Gasteiger charge is 2.12. The van der Waals surface area contributed by atoms with Crippen LogP contribution in [0.4, 0.5) is 5.69 Å². The second-order valence-electron chi connectivity index (χ2n) is 4.67. The zero-order chi connectivity index (χ0) is 15.3. The van der Waals surface area contributed by atoms with Gasteiger partial charge in [0.2, 0.25) is 0 Å². The smallest absolute Gasteiger partial charge is 0.177 e. The molecule has 0 spiro atoms. The van der Waals surface area contributed by atoms with Crippen LogP contribution >= 0.6 is 0 Å². The number of aromatic nitrogens is 3. The van der Waals surface area contributed by atoms with Gasteiger partial charge in [0.1, 0.15) is 5.69 Å². The number of anilines is 1. The number of aliphatic hydroxyl groups excluding tert-OH is 1. The van der Waals surface area contributed by atoms with Crippen molar-refractivity contribution in [2.45, 2.75) is 24.4 Å². The predicted octanol–water partition coefficient (Wildman–Crippen LogP) is 0.676. The van der Waals surface area contributed by atoms with E-state index < -0.39 is 9.84 Å². The number of aliphatic hydroxyl groups is 1. The summed E-state index contributed by atoms with van der Waals surface area (Å²) in [6, 6.07) is 6.74. The van der Waals surface area contributed by atoms with E-state index in [4.69, 9.17) is 5.11 Å². The summed E-state index contributed by atoms with van der Waals surface area (Å²) >= 11 is 0. The number of nitrogens with zero attached hydrogens (tertiary/aromatic N) is 3. The lowest BCUT2D eigenvalue weighted by Gasteiger charge is -2.09. The molecule has 0 radical (unpaired) electrons. The van der Waals surface area contributed by atoms with Gasteiger partial charge in [0.05, 0.1) is 23.3 Å². The van der Waals surface area contributed by atoms with Gasteiger partial charge in [-0.25, -0.2) is 8.42 Å². The fourth-order valence-electron chi connectivity index (χ4n) is 1.88. The maximum Gasteiger partial charge on any atom is 0.177 e. The molecule has 1 aromatic carbocycles. The maximum absolute atomic E-state index is 11.7. The molecular formula is C13H18N4O3S. The number of nitrogens with one attached hydrogen (secondary N) is 1. The molecule has 0 saturated carbocycles. The molecule has 1 heterocycles. The van der Waals surface area contributed by atoms with Gasteiger partial charge in [0.25, 0.3) is 0 Å². The number of hydrogen-bond donors (Lipinski definition) is 2. The Morgan fingerprint density at radius 1 is 1.33 bits per heavy atom. The Morgan fingerprint density at radius 3 is 2.81 bits per heavy atom. The molecule has 0 aliphatic carbocycles. The molecule has 0 aliphatic heterocycles. The molecule has 7 nitrogen and oxygen atoms in total. The first-order valence-electron chi connectivity index (χ1n) is 6.53. The van der Waals surface area contributed by atoms with Crippen LogP contribution in [-0.4, -0.2) is 41.4 Å². The van der Waals surface area contributed by atoms with Crippen LogP contribution in [0.25, 0.3) is 0 Å². The van der Waals surface area contributed by atoms with Crippen LogP contribution in [-0.2, 0) is 22.9 Å². The van der Waals surface area contributed by atoms with Crippen LogP contribution in [0.2, 0.25) is 0 Å². The molecule has 0 bridgehead atoms. The monoisotopic (exact) mass is 310 g/mol. The second kappa shape index (κ2) is 6.68. The largest absolute Gasteiger partial charge is 0.396 e. The minimum atomic E-state index is -3.28. The van der Waals surface area contributed by atoms with Crippen LogP contribution in [0.1, 0.15) is 12.1 Å². The van der Waals surface area contributed by atoms with Crippen molar-refractivity contribution in [1.29, 1.82) is 0 Å². The summed E-state index contributed by atoms with van der Waals surface area (Å²) < 4.78 is 25.0. The second-order valence-corrected chi connectivity index (χ2v) is 6.66. The molecule has 1 aromatic heterocycles. The Bertz CT molecular complexity index is 697. The fraction of sp³-hybridized carbons (Fsp3) is 0.385. The van der Waals surface area contributed by atoms with Crippen molar-refractivity contribution in [2.75, 3.05) is 18.2 Å². The lowest BCUT2D eigenvalue weighted by molar-refractivity contribution is 0.276. The van der Waals surface area contributed by atoms with E-state index in [0.29, 0.717) is 30.9 Å². The average molecular weight is 310 g/mol. The van der Waals surface area contributed by atoms with E-state index in [1.54, 1.807) is 35.1 Å². The van der Waals surface area contributed by atoms with Crippen molar-refractivity contribution in [2.24, 2.45) is 0 Å². The molecule has 0 fully saturated rings. The molecule has 0 amide bonds. The average Bonchev–Trinajstić information content (AvgIpc) is 2.90. The number of rotatable bonds is 7. The van der Waals surface area contributed by atoms with E-state index >= 15 is 0 Å². The highest BCUT2D eigenvalue weighted by atomic mass is 32.2. The van der Waals surface area contributed by atoms with E-state index in [9.17, 15) is 8.42 Å². The Hall–Kier alpha value is -1.93. The van der Waals surface area contributed by atoms with Crippen molar-refractivity contribution < 1.29 is 13.5 Å². The standard InChI is InChI=1S/C13H18N4O3S/c1-21(19,20)13-6-3-2-5-12(13)14-9-11-10-17(16-15-11)7-4-8-18/h2-3,5-6,10,14,18H,4,7-9H2,1H3. The Morgan fingerprint density at radius 2 is 2.10 bits per heavy atom. The Labute approximate surface area is 123 Å². The van der Waals surface area contributed by atoms with Crippen LogP contribution in [0.5, 0.6) is 0 Å². The topological polar surface area (TPSA) is 97.1 Å². The molecule has 0 atom stereocenters. The molecule has 0 saturated heterocycles. The van der Waals surface area contributed by atoms with Crippen molar-refractivity contribution in [3.05, 3.63) is 36.2 Å². The Balaban J connectivity index is 2.05. The third-order valence-corrected chi connectivity index (χ3v) is 4.03. The van der Waals surface area contributed by atoms with Crippen LogP contribution in [0.3, 0.4) is 0 Å². The summed E-state index contributed by atoms with van der Waals surface area (Å²) in [5, 5.41) is 19.8. The van der Waals surface area contributed by atoms with Gasteiger partial charge >= 0.3 is 0 Å². The van der Waals surface area contributed by atoms with E-state index in [2.05, 4.69) is 15.6 Å². The predicted molar refractivity (Wildman–Crippen MR) is 78.6 cm³/mol. The third kappa shape index (κ3) is 4.27. The van der Waals surface area contributed by atoms with Gasteiger partial charge in [0, 0.05) is 19.4 Å². The quantitative estimate of drug-likeness (QED) is 0.780. The summed E-state index contributed by atoms with van der Waals surface area (Å²) in [5.74, 6) is 0. The molecule has 2 rings (SSSR count). The molecule has 114 valence electrons. The van der Waals surface area contributed by atoms with Gasteiger partial charge in [-0.3, -0.25) is 4.68 Å². The minimum absolute atomic E-state index is 0.106. The lowest BCUT2D eigenvalue weighted by Crippen LogP contribution is -2.06. The van der Waals surface area contributed by atoms with Gasteiger partial charge in [-0.05, 0) is 18.6 Å². The lowest BCUT2D eigenvalue weighted by atomic mass is 10.3. The molecule has 21 heavy (non-hydrogen) atoms. The van der Waals surface area contributed by atoms with Crippen LogP contribution in [0, 0.1) is 0 Å². The molecule has 2 aromatic rings. The number of para-hydroxylation sites is 1. The number of benzene rings is 1. The first-order valence-corrected chi connectivity index (χ1v) is 8.42. The summed E-state index contributed by atoms with van der Waals surface area (Å²) in [4.78, 5) is 0.262. The van der Waals surface area contributed by atoms with Crippen molar-refractivity contribution in [1.82, 2.24) is 15.0 Å². The summed E-state index contributed by atoms with van der Waals surface area (Å²) in [5.41, 5.74) is 1.25. The summed E-state index contributed by atoms with van der Waals surface area (Å²) in [7, 11) is -3.28. The van der Waals surface area contributed by atoms with Gasteiger partial charge in [-0.2, -0.15) is 0 Å². The zero-order valence-corrected chi connectivity index (χ0v) is 12.5. The first-order chi connectivity index (χ1) is 10.0. The molecule has 0 unspecified atom stereocenters. The molecule has 2 N–H and O–H groups in total. The number of hydrogen-bond acceptors (Lipinski definition) is 6. The van der Waals surface area contributed by atoms with Gasteiger partial charge in [0.15, 0.2) is 9.84 Å². The minimum Gasteiger partial charge on any atom is -0.396 e. The van der Waals surface area contributed by atoms with E-state index in [-0.39, 0.29) is 11.5 Å². The van der Waals surface area contributed by atoms with E-state index in [0.717, 1.165) is 0 Å². The van der Waals surface area contributed by atoms with Crippen molar-refractivity contribution >= 4 is 15.5 Å². The maximum atomic E-state index is 11.7. The van der Waals surface area contributed by atoms with E-state index in [1.165, 1.54) is 6.26 Å². The Kier molecular flexibility index (Phi) is 4.92. The van der Waals surface area contributed by atoms with E-state index in [1.807, 2.05) is 0 Å². The first kappa shape index (κ1) is 15.5. The normalized spacial score (nSPS) is 11.5. The molecule has 0 aliphatic rings. The van der Waals surface area contributed by atoms with Gasteiger partial charge < -0.3 is 10.4 Å². The van der Waals surface area contributed by atoms with Crippen molar-refractivity contribution in [3.63, 3.8) is 0 Å². The molecule has 8 heteroatoms. The van der Waals surface area contributed by atoms with Gasteiger partial charge in [-0.15, -0.1) is 5.10 Å². The van der Waals surface area contributed by atoms with Crippen LogP contribution < -0.4 is 5.32 Å².